The number of rotatable bonds is 3. The number of nitrogens with two attached hydrogens (primary N) is 1. The molecule has 6 heteroatoms. The van der Waals surface area contributed by atoms with Crippen molar-refractivity contribution in [1.29, 1.82) is 0 Å². The van der Waals surface area contributed by atoms with Gasteiger partial charge in [-0.15, -0.1) is 0 Å². The molecule has 0 spiro atoms. The molecule has 0 aliphatic rings. The lowest BCUT2D eigenvalue weighted by Crippen LogP contribution is -2.22. The predicted octanol–water partition coefficient (Wildman–Crippen LogP) is 2.38. The summed E-state index contributed by atoms with van der Waals surface area (Å²) in [5, 5.41) is 2.44. The first-order valence-electron chi connectivity index (χ1n) is 5.11. The molecule has 96 valence electrons. The minimum Gasteiger partial charge on any atom is -0.405 e. The number of nitrogens with zero attached hydrogens (tertiary/aromatic N) is 1. The van der Waals surface area contributed by atoms with Crippen LogP contribution in [0.5, 0.6) is 0 Å². The van der Waals surface area contributed by atoms with Gasteiger partial charge in [-0.3, -0.25) is 9.79 Å². The molecule has 0 saturated carbocycles. The molecular formula is C12H13BrFN3O. The summed E-state index contributed by atoms with van der Waals surface area (Å²) >= 11 is 3.21. The zero-order valence-corrected chi connectivity index (χ0v) is 11.6. The maximum atomic E-state index is 13.6. The van der Waals surface area contributed by atoms with E-state index in [0.29, 0.717) is 4.47 Å². The van der Waals surface area contributed by atoms with E-state index in [9.17, 15) is 9.18 Å². The van der Waals surface area contributed by atoms with Crippen LogP contribution in [0, 0.1) is 12.7 Å². The number of hydrogen-bond donors (Lipinski definition) is 2. The van der Waals surface area contributed by atoms with E-state index in [1.165, 1.54) is 31.5 Å². The Morgan fingerprint density at radius 3 is 2.78 bits per heavy atom. The number of benzene rings is 1. The first-order chi connectivity index (χ1) is 8.49. The van der Waals surface area contributed by atoms with E-state index >= 15 is 0 Å². The molecule has 0 aliphatic heterocycles. The van der Waals surface area contributed by atoms with Gasteiger partial charge in [0.15, 0.2) is 0 Å². The Balaban J connectivity index is 2.98. The molecule has 0 atom stereocenters. The molecule has 0 aliphatic carbocycles. The van der Waals surface area contributed by atoms with Crippen LogP contribution in [-0.4, -0.2) is 18.7 Å². The Morgan fingerprint density at radius 2 is 2.22 bits per heavy atom. The number of nitrogens with one attached hydrogen (secondary N) is 1. The van der Waals surface area contributed by atoms with Gasteiger partial charge < -0.3 is 11.1 Å². The second kappa shape index (κ2) is 6.30. The van der Waals surface area contributed by atoms with Crippen molar-refractivity contribution in [3.05, 3.63) is 40.3 Å². The lowest BCUT2D eigenvalue weighted by atomic mass is 10.2. The second-order valence-electron chi connectivity index (χ2n) is 3.50. The summed E-state index contributed by atoms with van der Waals surface area (Å²) in [6.07, 6.45) is 2.55. The highest BCUT2D eigenvalue weighted by atomic mass is 79.9. The van der Waals surface area contributed by atoms with Crippen LogP contribution in [0.1, 0.15) is 5.56 Å². The molecular weight excluding hydrogens is 301 g/mol. The number of carbonyl (C=O) groups is 1. The van der Waals surface area contributed by atoms with Gasteiger partial charge in [-0.05, 0) is 36.9 Å². The minimum absolute atomic E-state index is 0.104. The SMILES string of the molecule is CN=C(C=CN)C(=O)Nc1cc(C)c(Br)cc1F. The van der Waals surface area contributed by atoms with Crippen molar-refractivity contribution in [1.82, 2.24) is 0 Å². The Labute approximate surface area is 113 Å². The second-order valence-corrected chi connectivity index (χ2v) is 4.36. The quantitative estimate of drug-likeness (QED) is 0.841. The number of amides is 1. The molecule has 0 fully saturated rings. The number of carbonyl (C=O) groups excluding carboxylic acids is 1. The zero-order chi connectivity index (χ0) is 13.7. The Bertz CT molecular complexity index is 526. The van der Waals surface area contributed by atoms with Crippen LogP contribution in [0.25, 0.3) is 0 Å². The fourth-order valence-corrected chi connectivity index (χ4v) is 1.60. The van der Waals surface area contributed by atoms with E-state index in [1.54, 1.807) is 6.92 Å². The summed E-state index contributed by atoms with van der Waals surface area (Å²) in [6.45, 7) is 1.80. The topological polar surface area (TPSA) is 67.5 Å². The van der Waals surface area contributed by atoms with E-state index in [0.717, 1.165) is 5.56 Å². The monoisotopic (exact) mass is 313 g/mol. The Kier molecular flexibility index (Phi) is 5.03. The van der Waals surface area contributed by atoms with Crippen LogP contribution >= 0.6 is 15.9 Å². The van der Waals surface area contributed by atoms with Gasteiger partial charge in [-0.1, -0.05) is 15.9 Å². The van der Waals surface area contributed by atoms with Gasteiger partial charge in [0.1, 0.15) is 11.5 Å². The maximum Gasteiger partial charge on any atom is 0.273 e. The van der Waals surface area contributed by atoms with Crippen LogP contribution in [-0.2, 0) is 4.79 Å². The molecule has 1 aromatic carbocycles. The van der Waals surface area contributed by atoms with Gasteiger partial charge in [-0.2, -0.15) is 0 Å². The number of aryl methyl sites for hydroxylation is 1. The van der Waals surface area contributed by atoms with Crippen molar-refractivity contribution < 1.29 is 9.18 Å². The third-order valence-corrected chi connectivity index (χ3v) is 3.08. The van der Waals surface area contributed by atoms with E-state index in [-0.39, 0.29) is 11.4 Å². The highest BCUT2D eigenvalue weighted by Gasteiger charge is 2.12. The molecule has 4 nitrogen and oxygen atoms in total. The van der Waals surface area contributed by atoms with Gasteiger partial charge in [0.25, 0.3) is 5.91 Å². The van der Waals surface area contributed by atoms with E-state index in [1.807, 2.05) is 0 Å². The molecule has 0 radical (unpaired) electrons. The Hall–Kier alpha value is -1.69. The van der Waals surface area contributed by atoms with Gasteiger partial charge in [0.2, 0.25) is 0 Å². The lowest BCUT2D eigenvalue weighted by molar-refractivity contribution is -0.110. The highest BCUT2D eigenvalue weighted by Crippen LogP contribution is 2.23. The van der Waals surface area contributed by atoms with E-state index in [4.69, 9.17) is 5.73 Å². The van der Waals surface area contributed by atoms with Gasteiger partial charge in [0, 0.05) is 11.5 Å². The fourth-order valence-electron chi connectivity index (χ4n) is 1.28. The molecule has 0 unspecified atom stereocenters. The van der Waals surface area contributed by atoms with Crippen LogP contribution in [0.2, 0.25) is 0 Å². The average Bonchev–Trinajstić information content (AvgIpc) is 2.32. The Morgan fingerprint density at radius 1 is 1.56 bits per heavy atom. The molecule has 1 amide bonds. The highest BCUT2D eigenvalue weighted by molar-refractivity contribution is 9.10. The normalized spacial score (nSPS) is 11.9. The van der Waals surface area contributed by atoms with Crippen LogP contribution in [0.4, 0.5) is 10.1 Å². The van der Waals surface area contributed by atoms with Crippen LogP contribution in [0.3, 0.4) is 0 Å². The van der Waals surface area contributed by atoms with Gasteiger partial charge in [0.05, 0.1) is 5.69 Å². The minimum atomic E-state index is -0.520. The van der Waals surface area contributed by atoms with Crippen molar-refractivity contribution in [2.45, 2.75) is 6.92 Å². The first-order valence-corrected chi connectivity index (χ1v) is 5.91. The molecule has 3 N–H and O–H groups in total. The average molecular weight is 314 g/mol. The summed E-state index contributed by atoms with van der Waals surface area (Å²) in [5.41, 5.74) is 6.23. The summed E-state index contributed by atoms with van der Waals surface area (Å²) in [7, 11) is 1.46. The largest absolute Gasteiger partial charge is 0.405 e. The standard InChI is InChI=1S/C12H13BrFN3O/c1-7-5-11(9(14)6-8(7)13)17-12(18)10(16-2)3-4-15/h3-6H,15H2,1-2H3,(H,17,18). The fraction of sp³-hybridized carbons (Fsp3) is 0.167. The summed E-state index contributed by atoms with van der Waals surface area (Å²) in [6, 6.07) is 2.84. The summed E-state index contributed by atoms with van der Waals surface area (Å²) < 4.78 is 14.3. The third kappa shape index (κ3) is 3.40. The molecule has 18 heavy (non-hydrogen) atoms. The van der Waals surface area contributed by atoms with Gasteiger partial charge in [-0.25, -0.2) is 4.39 Å². The van der Waals surface area contributed by atoms with Crippen molar-refractivity contribution >= 4 is 33.2 Å². The smallest absolute Gasteiger partial charge is 0.273 e. The van der Waals surface area contributed by atoms with Crippen molar-refractivity contribution in [2.75, 3.05) is 12.4 Å². The third-order valence-electron chi connectivity index (χ3n) is 2.22. The number of hydrogen-bond acceptors (Lipinski definition) is 3. The molecule has 0 heterocycles. The number of aliphatic imine (C=N–C) groups is 1. The van der Waals surface area contributed by atoms with Crippen LogP contribution < -0.4 is 11.1 Å². The van der Waals surface area contributed by atoms with Crippen molar-refractivity contribution in [3.8, 4) is 0 Å². The molecule has 0 bridgehead atoms. The number of halogens is 2. The molecule has 0 saturated heterocycles. The van der Waals surface area contributed by atoms with Crippen molar-refractivity contribution in [3.63, 3.8) is 0 Å². The lowest BCUT2D eigenvalue weighted by Gasteiger charge is -2.08. The predicted molar refractivity (Wildman–Crippen MR) is 74.2 cm³/mol. The molecule has 1 rings (SSSR count). The first kappa shape index (κ1) is 14.4. The molecule has 0 aromatic heterocycles. The summed E-state index contributed by atoms with van der Waals surface area (Å²) in [4.78, 5) is 15.5. The van der Waals surface area contributed by atoms with E-state index in [2.05, 4.69) is 26.2 Å². The van der Waals surface area contributed by atoms with Crippen LogP contribution in [0.15, 0.2) is 33.9 Å². The zero-order valence-electron chi connectivity index (χ0n) is 10.00. The summed E-state index contributed by atoms with van der Waals surface area (Å²) in [5.74, 6) is -1.03. The molecule has 1 aromatic rings. The van der Waals surface area contributed by atoms with Crippen molar-refractivity contribution in [2.24, 2.45) is 10.7 Å². The van der Waals surface area contributed by atoms with E-state index < -0.39 is 11.7 Å². The number of anilines is 1. The maximum absolute atomic E-state index is 13.6. The van der Waals surface area contributed by atoms with Gasteiger partial charge >= 0.3 is 0 Å².